The molecule has 12 rings (SSSR count). The summed E-state index contributed by atoms with van der Waals surface area (Å²) in [4.78, 5) is 89.9. The molecule has 14 nitrogen and oxygen atoms in total. The van der Waals surface area contributed by atoms with E-state index in [0.29, 0.717) is 82.9 Å². The molecule has 0 spiro atoms. The molecule has 3 saturated heterocycles. The van der Waals surface area contributed by atoms with Crippen molar-refractivity contribution in [3.05, 3.63) is 239 Å². The maximum Gasteiger partial charge on any atom is 0.230 e. The smallest absolute Gasteiger partial charge is 0.230 e. The SMILES string of the molecule is Cc1ccc(CC(=O)C[C@@H]2CCCN(c3c(F)cc(-c4ccccc4P(C)(C)=O)cc3F)C2=O)cc1.Cc1ccc(CC(=O)C[C@@H]2CCCN(c3ccc(-c4ccccc4P(C)(C)=O)nc3)C2=O)c(F)c1.Cc1cnc(CC(=O)C[C@@H]2CCCN(c3c(F)cc(-c4ccccc4P(C)(C)=O)cc3F)C2=O)c(F)c1. The molecular formula is C85H88F6N5O9P3. The number of piperidine rings is 3. The molecular weight excluding hydrogens is 1440 g/mol. The molecule has 0 unspecified atom stereocenters. The van der Waals surface area contributed by atoms with E-state index in [1.54, 1.807) is 126 Å². The number of benzene rings is 7. The van der Waals surface area contributed by atoms with Crippen LogP contribution in [0.5, 0.6) is 0 Å². The van der Waals surface area contributed by atoms with E-state index >= 15 is 17.6 Å². The Balaban J connectivity index is 0.000000173. The van der Waals surface area contributed by atoms with E-state index in [4.69, 9.17) is 0 Å². The molecule has 3 amide bonds. The van der Waals surface area contributed by atoms with E-state index in [1.807, 2.05) is 67.6 Å². The van der Waals surface area contributed by atoms with Crippen LogP contribution in [0.25, 0.3) is 33.5 Å². The third-order valence-electron chi connectivity index (χ3n) is 19.6. The lowest BCUT2D eigenvalue weighted by atomic mass is 9.89. The van der Waals surface area contributed by atoms with Crippen molar-refractivity contribution in [2.45, 2.75) is 97.8 Å². The van der Waals surface area contributed by atoms with Gasteiger partial charge in [0.25, 0.3) is 0 Å². The molecule has 3 atom stereocenters. The molecule has 3 aliphatic rings. The average molecular weight is 1530 g/mol. The number of pyridine rings is 2. The zero-order valence-electron chi connectivity index (χ0n) is 62.0. The van der Waals surface area contributed by atoms with Gasteiger partial charge >= 0.3 is 0 Å². The second kappa shape index (κ2) is 34.8. The van der Waals surface area contributed by atoms with Crippen molar-refractivity contribution in [3.63, 3.8) is 0 Å². The van der Waals surface area contributed by atoms with E-state index in [-0.39, 0.29) is 97.5 Å². The first-order chi connectivity index (χ1) is 51.1. The standard InChI is InChI=1S/C29H30F2NO3P.C28H28F3N2O3P.C28H30FN2O3P/c1-19-10-12-20(13-11-19)15-23(33)16-21-7-6-14-32(29(21)34)28-25(30)17-22(18-26(28)31)24-8-4-5-9-27(24)36(2,3)35;1-17-11-22(29)25(32-16-17)15-20(34)12-18-7-6-10-33(28(18)35)27-23(30)13-19(14-24(27)31)21-8-4-5-9-26(21)37(2,3)36;1-19-10-11-20(25(29)15-19)16-23(32)17-21-7-6-14-31(28(21)33)22-12-13-26(30-18-22)24-8-4-5-9-27(24)35(2,3)34/h4-5,8-13,17-18,21H,6-7,14-16H2,1-3H3;4-5,8-9,11,13-14,16,18H,6-7,10,12,15H2,1-3H3;4-5,8-13,15,18,21H,6-7,14,16-17H2,1-3H3/t21-;18-;21-/m000/s1. The molecule has 108 heavy (non-hydrogen) atoms. The first-order valence-corrected chi connectivity index (χ1v) is 43.7. The molecule has 3 fully saturated rings. The Morgan fingerprint density at radius 1 is 0.407 bits per heavy atom. The summed E-state index contributed by atoms with van der Waals surface area (Å²) in [5.74, 6) is -7.98. The normalized spacial score (nSPS) is 16.3. The summed E-state index contributed by atoms with van der Waals surface area (Å²) < 4.78 is 128. The van der Waals surface area contributed by atoms with Crippen molar-refractivity contribution < 1.29 is 68.8 Å². The van der Waals surface area contributed by atoms with E-state index in [0.717, 1.165) is 55.9 Å². The molecule has 5 heterocycles. The lowest BCUT2D eigenvalue weighted by molar-refractivity contribution is -0.128. The van der Waals surface area contributed by atoms with Gasteiger partial charge in [-0.05, 0) is 192 Å². The number of nitrogens with zero attached hydrogens (tertiary/aromatic N) is 5. The van der Waals surface area contributed by atoms with Gasteiger partial charge in [-0.3, -0.25) is 38.7 Å². The van der Waals surface area contributed by atoms with Gasteiger partial charge in [-0.1, -0.05) is 115 Å². The van der Waals surface area contributed by atoms with Crippen LogP contribution in [-0.2, 0) is 61.7 Å². The van der Waals surface area contributed by atoms with Crippen LogP contribution in [0.3, 0.4) is 0 Å². The van der Waals surface area contributed by atoms with Crippen LogP contribution >= 0.6 is 21.4 Å². The summed E-state index contributed by atoms with van der Waals surface area (Å²) in [6.07, 6.45) is 6.37. The topological polar surface area (TPSA) is 189 Å². The van der Waals surface area contributed by atoms with Crippen LogP contribution < -0.4 is 30.6 Å². The maximum absolute atomic E-state index is 15.3. The number of ketones is 3. The molecule has 7 aromatic carbocycles. The van der Waals surface area contributed by atoms with Gasteiger partial charge in [-0.25, -0.2) is 26.3 Å². The number of hydrogen-bond donors (Lipinski definition) is 0. The lowest BCUT2D eigenvalue weighted by Gasteiger charge is -2.32. The fourth-order valence-electron chi connectivity index (χ4n) is 14.2. The van der Waals surface area contributed by atoms with Gasteiger partial charge in [-0.15, -0.1) is 0 Å². The number of carbonyl (C=O) groups is 6. The Morgan fingerprint density at radius 3 is 1.24 bits per heavy atom. The number of anilines is 3. The Labute approximate surface area is 626 Å². The highest BCUT2D eigenvalue weighted by molar-refractivity contribution is 7.71. The molecule has 564 valence electrons. The molecule has 2 aromatic heterocycles. The number of hydrogen-bond acceptors (Lipinski definition) is 11. The zero-order chi connectivity index (χ0) is 78.1. The van der Waals surface area contributed by atoms with Crippen LogP contribution in [0.15, 0.2) is 170 Å². The van der Waals surface area contributed by atoms with E-state index in [2.05, 4.69) is 9.97 Å². The van der Waals surface area contributed by atoms with E-state index in [9.17, 15) is 51.2 Å². The number of halogens is 6. The summed E-state index contributed by atoms with van der Waals surface area (Å²) in [6, 6.07) is 43.3. The van der Waals surface area contributed by atoms with Crippen LogP contribution in [0.2, 0.25) is 0 Å². The van der Waals surface area contributed by atoms with Crippen molar-refractivity contribution in [2.24, 2.45) is 17.8 Å². The Morgan fingerprint density at radius 2 is 0.806 bits per heavy atom. The highest BCUT2D eigenvalue weighted by Crippen LogP contribution is 2.44. The van der Waals surface area contributed by atoms with Gasteiger partial charge < -0.3 is 28.4 Å². The predicted molar refractivity (Wildman–Crippen MR) is 417 cm³/mol. The van der Waals surface area contributed by atoms with Crippen molar-refractivity contribution in [3.8, 4) is 33.5 Å². The molecule has 0 N–H and O–H groups in total. The predicted octanol–water partition coefficient (Wildman–Crippen LogP) is 17.2. The minimum absolute atomic E-state index is 0.00683. The summed E-state index contributed by atoms with van der Waals surface area (Å²) in [5, 5.41) is 1.82. The molecule has 3 aliphatic heterocycles. The van der Waals surface area contributed by atoms with Gasteiger partial charge in [0.05, 0.1) is 29.7 Å². The first-order valence-electron chi connectivity index (χ1n) is 35.9. The van der Waals surface area contributed by atoms with Crippen LogP contribution in [-0.4, -0.2) is 105 Å². The van der Waals surface area contributed by atoms with E-state index < -0.39 is 91.5 Å². The largest absolute Gasteiger partial charge is 0.319 e. The fourth-order valence-corrected chi connectivity index (χ4v) is 17.8. The quantitative estimate of drug-likeness (QED) is 0.0492. The Kier molecular flexibility index (Phi) is 26.1. The van der Waals surface area contributed by atoms with Gasteiger partial charge in [0.2, 0.25) is 17.7 Å². The van der Waals surface area contributed by atoms with Crippen molar-refractivity contribution in [1.82, 2.24) is 9.97 Å². The third kappa shape index (κ3) is 20.1. The van der Waals surface area contributed by atoms with Crippen molar-refractivity contribution in [1.29, 1.82) is 0 Å². The summed E-state index contributed by atoms with van der Waals surface area (Å²) in [7, 11) is -7.89. The first kappa shape index (κ1) is 81.1. The highest BCUT2D eigenvalue weighted by atomic mass is 31.2. The number of amides is 3. The maximum atomic E-state index is 15.3. The summed E-state index contributed by atoms with van der Waals surface area (Å²) >= 11 is 0. The highest BCUT2D eigenvalue weighted by Gasteiger charge is 2.38. The minimum atomic E-state index is -2.72. The molecule has 23 heteroatoms. The number of carbonyl (C=O) groups excluding carboxylic acids is 6. The van der Waals surface area contributed by atoms with Crippen LogP contribution in [0.4, 0.5) is 43.4 Å². The monoisotopic (exact) mass is 1530 g/mol. The van der Waals surface area contributed by atoms with Crippen LogP contribution in [0, 0.1) is 73.4 Å². The number of rotatable bonds is 21. The number of aromatic nitrogens is 2. The van der Waals surface area contributed by atoms with E-state index in [1.165, 1.54) is 30.5 Å². The number of aryl methyl sites for hydroxylation is 3. The second-order valence-electron chi connectivity index (χ2n) is 29.4. The fraction of sp³-hybridized carbons (Fsp3) is 0.318. The molecule has 9 aromatic rings. The average Bonchev–Trinajstić information content (AvgIpc) is 0.776. The van der Waals surface area contributed by atoms with Crippen molar-refractivity contribution >= 4 is 89.5 Å². The van der Waals surface area contributed by atoms with Crippen LogP contribution in [0.1, 0.15) is 91.3 Å². The second-order valence-corrected chi connectivity index (χ2v) is 38.9. The number of Topliss-reactive ketones (excluding diaryl/α,β-unsaturated/α-hetero) is 3. The molecule has 0 aliphatic carbocycles. The lowest BCUT2D eigenvalue weighted by Crippen LogP contribution is -2.43. The minimum Gasteiger partial charge on any atom is -0.319 e. The molecule has 0 bridgehead atoms. The zero-order valence-corrected chi connectivity index (χ0v) is 64.7. The summed E-state index contributed by atoms with van der Waals surface area (Å²) in [6.45, 7) is 16.2. The Hall–Kier alpha value is -9.47. The van der Waals surface area contributed by atoms with Gasteiger partial charge in [0.1, 0.15) is 61.8 Å². The molecule has 0 saturated carbocycles. The van der Waals surface area contributed by atoms with Gasteiger partial charge in [-0.2, -0.15) is 0 Å². The summed E-state index contributed by atoms with van der Waals surface area (Å²) in [5.41, 5.74) is 6.57. The third-order valence-corrected chi connectivity index (χ3v) is 24.2. The van der Waals surface area contributed by atoms with Gasteiger partial charge in [0, 0.05) is 97.2 Å². The Bertz CT molecular complexity index is 5010. The van der Waals surface area contributed by atoms with Gasteiger partial charge in [0.15, 0.2) is 23.3 Å². The van der Waals surface area contributed by atoms with Crippen molar-refractivity contribution in [2.75, 3.05) is 74.3 Å². The molecule has 0 radical (unpaired) electrons.